The second kappa shape index (κ2) is 6.67. The van der Waals surface area contributed by atoms with E-state index in [1.807, 2.05) is 31.2 Å². The molecule has 2 aromatic carbocycles. The minimum atomic E-state index is 0.0376. The third-order valence-corrected chi connectivity index (χ3v) is 3.44. The summed E-state index contributed by atoms with van der Waals surface area (Å²) in [5, 5.41) is 4.06. The average Bonchev–Trinajstić information content (AvgIpc) is 2.40. The summed E-state index contributed by atoms with van der Waals surface area (Å²) in [6.45, 7) is 6.96. The highest BCUT2D eigenvalue weighted by atomic mass is 35.5. The summed E-state index contributed by atoms with van der Waals surface area (Å²) >= 11 is 6.08. The summed E-state index contributed by atoms with van der Waals surface area (Å²) in [6.07, 6.45) is 0.0376. The fourth-order valence-corrected chi connectivity index (χ4v) is 2.24. The lowest BCUT2D eigenvalue weighted by molar-refractivity contribution is 0.235. The zero-order chi connectivity index (χ0) is 14.5. The lowest BCUT2D eigenvalue weighted by Gasteiger charge is -2.18. The molecule has 1 N–H and O–H groups in total. The molecule has 0 radical (unpaired) electrons. The Morgan fingerprint density at radius 1 is 1.15 bits per heavy atom. The molecule has 0 amide bonds. The monoisotopic (exact) mass is 289 g/mol. The van der Waals surface area contributed by atoms with E-state index in [9.17, 15) is 0 Å². The molecule has 0 aliphatic carbocycles. The molecule has 0 saturated carbocycles. The molecule has 0 aliphatic rings. The quantitative estimate of drug-likeness (QED) is 0.851. The predicted octanol–water partition coefficient (Wildman–Crippen LogP) is 4.84. The number of para-hydroxylation sites is 1. The minimum absolute atomic E-state index is 0.0376. The number of aryl methyl sites for hydroxylation is 2. The number of benzene rings is 2. The third-order valence-electron chi connectivity index (χ3n) is 3.13. The van der Waals surface area contributed by atoms with Crippen molar-refractivity contribution in [3.8, 4) is 5.75 Å². The van der Waals surface area contributed by atoms with Crippen LogP contribution in [0.15, 0.2) is 42.5 Å². The van der Waals surface area contributed by atoms with Gasteiger partial charge in [0.1, 0.15) is 11.9 Å². The Bertz CT molecular complexity index is 583. The van der Waals surface area contributed by atoms with Crippen LogP contribution in [0.5, 0.6) is 5.75 Å². The summed E-state index contributed by atoms with van der Waals surface area (Å²) in [7, 11) is 0. The molecule has 0 aromatic heterocycles. The zero-order valence-electron chi connectivity index (χ0n) is 12.1. The van der Waals surface area contributed by atoms with Gasteiger partial charge in [-0.05, 0) is 44.5 Å². The Morgan fingerprint density at radius 2 is 1.90 bits per heavy atom. The zero-order valence-corrected chi connectivity index (χ0v) is 12.9. The highest BCUT2D eigenvalue weighted by molar-refractivity contribution is 6.32. The van der Waals surface area contributed by atoms with E-state index in [1.165, 1.54) is 11.1 Å². The van der Waals surface area contributed by atoms with Gasteiger partial charge in [0, 0.05) is 5.69 Å². The predicted molar refractivity (Wildman–Crippen MR) is 85.9 cm³/mol. The number of hydrogen-bond donors (Lipinski definition) is 1. The largest absolute Gasteiger partial charge is 0.487 e. The Kier molecular flexibility index (Phi) is 4.91. The van der Waals surface area contributed by atoms with Crippen LogP contribution in [0.1, 0.15) is 18.1 Å². The molecule has 0 unspecified atom stereocenters. The van der Waals surface area contributed by atoms with E-state index >= 15 is 0 Å². The van der Waals surface area contributed by atoms with Crippen molar-refractivity contribution in [1.82, 2.24) is 0 Å². The topological polar surface area (TPSA) is 21.3 Å². The number of ether oxygens (including phenoxy) is 1. The van der Waals surface area contributed by atoms with Gasteiger partial charge >= 0.3 is 0 Å². The van der Waals surface area contributed by atoms with Gasteiger partial charge in [0.2, 0.25) is 0 Å². The maximum Gasteiger partial charge on any atom is 0.138 e. The molecule has 20 heavy (non-hydrogen) atoms. The van der Waals surface area contributed by atoms with Crippen molar-refractivity contribution in [2.45, 2.75) is 26.9 Å². The Hall–Kier alpha value is -1.67. The van der Waals surface area contributed by atoms with Crippen molar-refractivity contribution in [2.75, 3.05) is 11.9 Å². The molecule has 2 rings (SSSR count). The van der Waals surface area contributed by atoms with Gasteiger partial charge in [-0.15, -0.1) is 0 Å². The summed E-state index contributed by atoms with van der Waals surface area (Å²) in [6, 6.07) is 13.9. The maximum atomic E-state index is 6.08. The van der Waals surface area contributed by atoms with E-state index in [0.717, 1.165) is 18.0 Å². The molecular weight excluding hydrogens is 270 g/mol. The fraction of sp³-hybridized carbons (Fsp3) is 0.294. The van der Waals surface area contributed by atoms with Crippen molar-refractivity contribution in [1.29, 1.82) is 0 Å². The van der Waals surface area contributed by atoms with E-state index < -0.39 is 0 Å². The molecule has 0 fully saturated rings. The van der Waals surface area contributed by atoms with Crippen LogP contribution in [0, 0.1) is 13.8 Å². The highest BCUT2D eigenvalue weighted by Crippen LogP contribution is 2.24. The van der Waals surface area contributed by atoms with Crippen molar-refractivity contribution in [3.63, 3.8) is 0 Å². The molecule has 3 heteroatoms. The Labute approximate surface area is 125 Å². The van der Waals surface area contributed by atoms with Gasteiger partial charge in [-0.1, -0.05) is 41.4 Å². The molecule has 106 valence electrons. The Balaban J connectivity index is 1.92. The lowest BCUT2D eigenvalue weighted by Crippen LogP contribution is -2.23. The number of nitrogens with one attached hydrogen (secondary N) is 1. The normalized spacial score (nSPS) is 12.0. The summed E-state index contributed by atoms with van der Waals surface area (Å²) < 4.78 is 5.84. The molecule has 0 bridgehead atoms. The van der Waals surface area contributed by atoms with Crippen molar-refractivity contribution >= 4 is 17.3 Å². The summed E-state index contributed by atoms with van der Waals surface area (Å²) in [5.74, 6) is 0.726. The second-order valence-corrected chi connectivity index (χ2v) is 5.47. The van der Waals surface area contributed by atoms with Crippen LogP contribution < -0.4 is 10.1 Å². The molecule has 0 spiro atoms. The third kappa shape index (κ3) is 3.91. The molecule has 2 nitrogen and oxygen atoms in total. The summed E-state index contributed by atoms with van der Waals surface area (Å²) in [5.41, 5.74) is 3.66. The van der Waals surface area contributed by atoms with E-state index in [4.69, 9.17) is 16.3 Å². The average molecular weight is 290 g/mol. The number of halogens is 1. The number of hydrogen-bond acceptors (Lipinski definition) is 2. The van der Waals surface area contributed by atoms with Gasteiger partial charge in [0.25, 0.3) is 0 Å². The highest BCUT2D eigenvalue weighted by Gasteiger charge is 2.07. The second-order valence-electron chi connectivity index (χ2n) is 5.06. The van der Waals surface area contributed by atoms with Gasteiger partial charge < -0.3 is 10.1 Å². The molecule has 0 heterocycles. The number of rotatable bonds is 5. The molecular formula is C17H20ClNO. The van der Waals surface area contributed by atoms with E-state index in [2.05, 4.69) is 37.4 Å². The van der Waals surface area contributed by atoms with Crippen LogP contribution in [-0.2, 0) is 0 Å². The minimum Gasteiger partial charge on any atom is -0.487 e. The van der Waals surface area contributed by atoms with E-state index in [0.29, 0.717) is 5.02 Å². The first-order valence-electron chi connectivity index (χ1n) is 6.78. The van der Waals surface area contributed by atoms with Gasteiger partial charge in [0.15, 0.2) is 0 Å². The molecule has 2 aromatic rings. The van der Waals surface area contributed by atoms with Crippen molar-refractivity contribution < 1.29 is 4.74 Å². The standard InChI is InChI=1S/C17H20ClNO/c1-12-8-9-16(13(2)10-12)19-11-14(3)20-17-7-5-4-6-15(17)18/h4-10,14,19H,11H2,1-3H3/t14-/m0/s1. The SMILES string of the molecule is Cc1ccc(NC[C@H](C)Oc2ccccc2Cl)c(C)c1. The maximum absolute atomic E-state index is 6.08. The van der Waals surface area contributed by atoms with Crippen LogP contribution >= 0.6 is 11.6 Å². The van der Waals surface area contributed by atoms with Crippen LogP contribution in [0.3, 0.4) is 0 Å². The van der Waals surface area contributed by atoms with E-state index in [1.54, 1.807) is 0 Å². The van der Waals surface area contributed by atoms with E-state index in [-0.39, 0.29) is 6.10 Å². The number of anilines is 1. The lowest BCUT2D eigenvalue weighted by atomic mass is 10.1. The first kappa shape index (κ1) is 14.7. The van der Waals surface area contributed by atoms with Crippen LogP contribution in [-0.4, -0.2) is 12.6 Å². The van der Waals surface area contributed by atoms with Crippen LogP contribution in [0.4, 0.5) is 5.69 Å². The molecule has 0 saturated heterocycles. The van der Waals surface area contributed by atoms with Gasteiger partial charge in [-0.2, -0.15) is 0 Å². The van der Waals surface area contributed by atoms with Gasteiger partial charge in [0.05, 0.1) is 11.6 Å². The van der Waals surface area contributed by atoms with Crippen molar-refractivity contribution in [3.05, 3.63) is 58.6 Å². The van der Waals surface area contributed by atoms with Crippen molar-refractivity contribution in [2.24, 2.45) is 0 Å². The smallest absolute Gasteiger partial charge is 0.138 e. The van der Waals surface area contributed by atoms with Gasteiger partial charge in [-0.3, -0.25) is 0 Å². The fourth-order valence-electron chi connectivity index (χ4n) is 2.06. The Morgan fingerprint density at radius 3 is 2.60 bits per heavy atom. The van der Waals surface area contributed by atoms with Gasteiger partial charge in [-0.25, -0.2) is 0 Å². The molecule has 0 aliphatic heterocycles. The first-order chi connectivity index (χ1) is 9.56. The first-order valence-corrected chi connectivity index (χ1v) is 7.16. The summed E-state index contributed by atoms with van der Waals surface area (Å²) in [4.78, 5) is 0. The van der Waals surface area contributed by atoms with Crippen LogP contribution in [0.2, 0.25) is 5.02 Å². The van der Waals surface area contributed by atoms with Crippen LogP contribution in [0.25, 0.3) is 0 Å². The molecule has 1 atom stereocenters.